The summed E-state index contributed by atoms with van der Waals surface area (Å²) in [6.07, 6.45) is 0.909. The second-order valence-electron chi connectivity index (χ2n) is 5.38. The van der Waals surface area contributed by atoms with Crippen LogP contribution in [-0.4, -0.2) is 41.5 Å². The molecule has 0 saturated carbocycles. The Bertz CT molecular complexity index is 362. The van der Waals surface area contributed by atoms with Crippen molar-refractivity contribution in [2.24, 2.45) is 0 Å². The third-order valence-corrected chi connectivity index (χ3v) is 2.94. The number of hydrogen-bond acceptors (Lipinski definition) is 4. The summed E-state index contributed by atoms with van der Waals surface area (Å²) in [5, 5.41) is 3.42. The van der Waals surface area contributed by atoms with Gasteiger partial charge in [0.25, 0.3) is 0 Å². The topological polar surface area (TPSA) is 41.1 Å². The van der Waals surface area contributed by atoms with E-state index in [1.165, 1.54) is 5.56 Å². The number of hydrogen-bond donors (Lipinski definition) is 1. The van der Waals surface area contributed by atoms with E-state index in [4.69, 9.17) is 0 Å². The van der Waals surface area contributed by atoms with Gasteiger partial charge in [-0.1, -0.05) is 13.8 Å². The lowest BCUT2D eigenvalue weighted by Crippen LogP contribution is -2.24. The molecule has 4 nitrogen and oxygen atoms in total. The van der Waals surface area contributed by atoms with Crippen LogP contribution in [0.3, 0.4) is 0 Å². The highest BCUT2D eigenvalue weighted by Gasteiger charge is 2.09. The van der Waals surface area contributed by atoms with Gasteiger partial charge in [0, 0.05) is 42.5 Å². The predicted molar refractivity (Wildman–Crippen MR) is 75.7 cm³/mol. The number of likely N-dealkylation sites (N-methyl/N-ethyl adjacent to an activating group) is 1. The smallest absolute Gasteiger partial charge is 0.130 e. The van der Waals surface area contributed by atoms with Crippen LogP contribution in [0.1, 0.15) is 36.6 Å². The zero-order valence-electron chi connectivity index (χ0n) is 12.5. The summed E-state index contributed by atoms with van der Waals surface area (Å²) in [6.45, 7) is 10.3. The Morgan fingerprint density at radius 1 is 1.11 bits per heavy atom. The molecule has 1 rings (SSSR count). The van der Waals surface area contributed by atoms with Gasteiger partial charge in [-0.25, -0.2) is 9.97 Å². The Kier molecular flexibility index (Phi) is 5.69. The third-order valence-electron chi connectivity index (χ3n) is 2.94. The summed E-state index contributed by atoms with van der Waals surface area (Å²) in [6, 6.07) is 0.484. The van der Waals surface area contributed by atoms with Crippen molar-refractivity contribution in [1.82, 2.24) is 20.2 Å². The lowest BCUT2D eigenvalue weighted by Gasteiger charge is -2.14. The molecule has 1 heterocycles. The van der Waals surface area contributed by atoms with E-state index >= 15 is 0 Å². The molecule has 0 saturated heterocycles. The van der Waals surface area contributed by atoms with Crippen LogP contribution in [0, 0.1) is 13.8 Å². The van der Waals surface area contributed by atoms with Crippen molar-refractivity contribution in [2.45, 2.75) is 46.7 Å². The van der Waals surface area contributed by atoms with Crippen LogP contribution in [0.25, 0.3) is 0 Å². The number of nitrogens with one attached hydrogen (secondary N) is 1. The van der Waals surface area contributed by atoms with E-state index in [9.17, 15) is 0 Å². The highest BCUT2D eigenvalue weighted by atomic mass is 15.1. The molecule has 1 aromatic heterocycles. The molecule has 0 amide bonds. The van der Waals surface area contributed by atoms with Gasteiger partial charge in [-0.3, -0.25) is 0 Å². The van der Waals surface area contributed by atoms with Crippen molar-refractivity contribution in [3.05, 3.63) is 22.8 Å². The Hall–Kier alpha value is -1.00. The minimum Gasteiger partial charge on any atom is -0.310 e. The monoisotopic (exact) mass is 250 g/mol. The molecule has 1 aromatic rings. The lowest BCUT2D eigenvalue weighted by molar-refractivity contribution is 0.409. The van der Waals surface area contributed by atoms with Gasteiger partial charge in [-0.05, 0) is 27.9 Å². The van der Waals surface area contributed by atoms with Crippen molar-refractivity contribution >= 4 is 0 Å². The van der Waals surface area contributed by atoms with E-state index in [1.807, 2.05) is 0 Å². The van der Waals surface area contributed by atoms with Crippen molar-refractivity contribution in [1.29, 1.82) is 0 Å². The minimum atomic E-state index is 0.484. The zero-order valence-corrected chi connectivity index (χ0v) is 12.5. The average molecular weight is 250 g/mol. The largest absolute Gasteiger partial charge is 0.310 e. The van der Waals surface area contributed by atoms with Crippen LogP contribution in [-0.2, 0) is 13.0 Å². The number of rotatable bonds is 6. The van der Waals surface area contributed by atoms with Crippen LogP contribution >= 0.6 is 0 Å². The fraction of sp³-hybridized carbons (Fsp3) is 0.714. The van der Waals surface area contributed by atoms with Gasteiger partial charge in [0.05, 0.1) is 0 Å². The Labute approximate surface area is 111 Å². The Balaban J connectivity index is 2.77. The van der Waals surface area contributed by atoms with Gasteiger partial charge in [-0.2, -0.15) is 0 Å². The first-order chi connectivity index (χ1) is 8.40. The van der Waals surface area contributed by atoms with Gasteiger partial charge < -0.3 is 10.2 Å². The van der Waals surface area contributed by atoms with E-state index in [1.54, 1.807) is 0 Å². The molecule has 102 valence electrons. The molecule has 0 atom stereocenters. The average Bonchev–Trinajstić information content (AvgIpc) is 2.24. The number of aryl methyl sites for hydroxylation is 2. The molecule has 0 unspecified atom stereocenters. The SMILES string of the molecule is Cc1nc(CCN(C)C)nc(C)c1CNC(C)C. The molecule has 0 fully saturated rings. The third kappa shape index (κ3) is 4.70. The first-order valence-electron chi connectivity index (χ1n) is 6.61. The van der Waals surface area contributed by atoms with E-state index < -0.39 is 0 Å². The molecule has 0 aromatic carbocycles. The van der Waals surface area contributed by atoms with Gasteiger partial charge >= 0.3 is 0 Å². The second-order valence-corrected chi connectivity index (χ2v) is 5.38. The van der Waals surface area contributed by atoms with Crippen molar-refractivity contribution in [3.8, 4) is 0 Å². The first-order valence-corrected chi connectivity index (χ1v) is 6.61. The van der Waals surface area contributed by atoms with Crippen LogP contribution in [0.4, 0.5) is 0 Å². The van der Waals surface area contributed by atoms with Gasteiger partial charge in [0.1, 0.15) is 5.82 Å². The van der Waals surface area contributed by atoms with Gasteiger partial charge in [0.15, 0.2) is 0 Å². The van der Waals surface area contributed by atoms with Gasteiger partial charge in [0.2, 0.25) is 0 Å². The predicted octanol–water partition coefficient (Wildman–Crippen LogP) is 1.70. The minimum absolute atomic E-state index is 0.484. The normalized spacial score (nSPS) is 11.6. The molecule has 0 aliphatic heterocycles. The fourth-order valence-electron chi connectivity index (χ4n) is 1.81. The molecule has 0 bridgehead atoms. The van der Waals surface area contributed by atoms with E-state index in [0.29, 0.717) is 6.04 Å². The summed E-state index contributed by atoms with van der Waals surface area (Å²) in [4.78, 5) is 11.4. The van der Waals surface area contributed by atoms with Gasteiger partial charge in [-0.15, -0.1) is 0 Å². The van der Waals surface area contributed by atoms with Crippen LogP contribution in [0.2, 0.25) is 0 Å². The van der Waals surface area contributed by atoms with Crippen LogP contribution in [0.15, 0.2) is 0 Å². The maximum Gasteiger partial charge on any atom is 0.130 e. The van der Waals surface area contributed by atoms with Crippen molar-refractivity contribution in [2.75, 3.05) is 20.6 Å². The quantitative estimate of drug-likeness (QED) is 0.834. The van der Waals surface area contributed by atoms with E-state index in [-0.39, 0.29) is 0 Å². The summed E-state index contributed by atoms with van der Waals surface area (Å²) >= 11 is 0. The number of nitrogens with zero attached hydrogens (tertiary/aromatic N) is 3. The van der Waals surface area contributed by atoms with Crippen LogP contribution < -0.4 is 5.32 Å². The van der Waals surface area contributed by atoms with E-state index in [2.05, 4.69) is 62.0 Å². The molecule has 0 spiro atoms. The summed E-state index contributed by atoms with van der Waals surface area (Å²) in [7, 11) is 4.14. The molecule has 0 aliphatic carbocycles. The maximum absolute atomic E-state index is 4.61. The highest BCUT2D eigenvalue weighted by Crippen LogP contribution is 2.10. The molecular formula is C14H26N4. The summed E-state index contributed by atoms with van der Waals surface area (Å²) in [5.41, 5.74) is 3.44. The van der Waals surface area contributed by atoms with Crippen molar-refractivity contribution in [3.63, 3.8) is 0 Å². The standard InChI is InChI=1S/C14H26N4/c1-10(2)15-9-13-11(3)16-14(17-12(13)4)7-8-18(5)6/h10,15H,7-9H2,1-6H3. The second kappa shape index (κ2) is 6.81. The van der Waals surface area contributed by atoms with Crippen LogP contribution in [0.5, 0.6) is 0 Å². The van der Waals surface area contributed by atoms with Crippen molar-refractivity contribution < 1.29 is 0 Å². The highest BCUT2D eigenvalue weighted by molar-refractivity contribution is 5.24. The van der Waals surface area contributed by atoms with E-state index in [0.717, 1.165) is 36.7 Å². The molecule has 0 radical (unpaired) electrons. The maximum atomic E-state index is 4.61. The Morgan fingerprint density at radius 2 is 1.67 bits per heavy atom. The number of aromatic nitrogens is 2. The molecular weight excluding hydrogens is 224 g/mol. The lowest BCUT2D eigenvalue weighted by atomic mass is 10.1. The molecule has 0 aliphatic rings. The Morgan fingerprint density at radius 3 is 2.11 bits per heavy atom. The molecule has 18 heavy (non-hydrogen) atoms. The summed E-state index contributed by atoms with van der Waals surface area (Å²) in [5.74, 6) is 0.951. The summed E-state index contributed by atoms with van der Waals surface area (Å²) < 4.78 is 0. The fourth-order valence-corrected chi connectivity index (χ4v) is 1.81. The molecule has 4 heteroatoms. The zero-order chi connectivity index (χ0) is 13.7. The molecule has 1 N–H and O–H groups in total. The first kappa shape index (κ1) is 15.1.